The third-order valence-electron chi connectivity index (χ3n) is 1.78. The molecule has 0 saturated carbocycles. The van der Waals surface area contributed by atoms with Gasteiger partial charge in [-0.15, -0.1) is 11.8 Å². The summed E-state index contributed by atoms with van der Waals surface area (Å²) < 4.78 is 1.15. The van der Waals surface area contributed by atoms with Crippen molar-refractivity contribution >= 4 is 27.7 Å². The summed E-state index contributed by atoms with van der Waals surface area (Å²) in [5.74, 6) is 1.09. The fourth-order valence-corrected chi connectivity index (χ4v) is 2.48. The van der Waals surface area contributed by atoms with Gasteiger partial charge in [-0.2, -0.15) is 0 Å². The third-order valence-corrected chi connectivity index (χ3v) is 3.66. The van der Waals surface area contributed by atoms with E-state index in [9.17, 15) is 0 Å². The van der Waals surface area contributed by atoms with Crippen LogP contribution in [0.15, 0.2) is 27.6 Å². The highest BCUT2D eigenvalue weighted by molar-refractivity contribution is 9.10. The molecule has 1 rings (SSSR count). The quantitative estimate of drug-likeness (QED) is 0.840. The molecule has 0 aromatic heterocycles. The zero-order chi connectivity index (χ0) is 9.84. The molecule has 3 heteroatoms. The van der Waals surface area contributed by atoms with Gasteiger partial charge in [0.25, 0.3) is 0 Å². The standard InChI is InChI=1S/C10H14BrNS/c1-3-13-10-5-4-8(7(2)12)6-9(10)11/h4-7H,3,12H2,1-2H3/t7-/m0/s1. The molecule has 1 aromatic carbocycles. The highest BCUT2D eigenvalue weighted by atomic mass is 79.9. The molecule has 0 aliphatic carbocycles. The molecule has 13 heavy (non-hydrogen) atoms. The summed E-state index contributed by atoms with van der Waals surface area (Å²) in [7, 11) is 0. The topological polar surface area (TPSA) is 26.0 Å². The van der Waals surface area contributed by atoms with Crippen LogP contribution in [-0.4, -0.2) is 5.75 Å². The van der Waals surface area contributed by atoms with Crippen molar-refractivity contribution in [2.24, 2.45) is 5.73 Å². The van der Waals surface area contributed by atoms with Gasteiger partial charge in [0.15, 0.2) is 0 Å². The summed E-state index contributed by atoms with van der Waals surface area (Å²) in [6, 6.07) is 6.42. The summed E-state index contributed by atoms with van der Waals surface area (Å²) in [5.41, 5.74) is 6.95. The van der Waals surface area contributed by atoms with Crippen molar-refractivity contribution in [2.75, 3.05) is 5.75 Å². The molecule has 1 nitrogen and oxygen atoms in total. The van der Waals surface area contributed by atoms with Crippen molar-refractivity contribution < 1.29 is 0 Å². The minimum atomic E-state index is 0.108. The average Bonchev–Trinajstić information content (AvgIpc) is 2.08. The molecule has 2 N–H and O–H groups in total. The second-order valence-corrected chi connectivity index (χ2v) is 5.07. The highest BCUT2D eigenvalue weighted by Crippen LogP contribution is 2.29. The maximum absolute atomic E-state index is 5.78. The van der Waals surface area contributed by atoms with Crippen LogP contribution in [0.25, 0.3) is 0 Å². The lowest BCUT2D eigenvalue weighted by Gasteiger charge is -2.08. The number of halogens is 1. The van der Waals surface area contributed by atoms with Gasteiger partial charge in [0.1, 0.15) is 0 Å². The lowest BCUT2D eigenvalue weighted by molar-refractivity contribution is 0.815. The lowest BCUT2D eigenvalue weighted by atomic mass is 10.1. The van der Waals surface area contributed by atoms with Crippen molar-refractivity contribution in [1.29, 1.82) is 0 Å². The van der Waals surface area contributed by atoms with Gasteiger partial charge in [-0.05, 0) is 46.3 Å². The van der Waals surface area contributed by atoms with Gasteiger partial charge in [-0.3, -0.25) is 0 Å². The lowest BCUT2D eigenvalue weighted by Crippen LogP contribution is -2.04. The Morgan fingerprint density at radius 3 is 2.69 bits per heavy atom. The van der Waals surface area contributed by atoms with Crippen LogP contribution in [0.4, 0.5) is 0 Å². The van der Waals surface area contributed by atoms with E-state index >= 15 is 0 Å². The first-order valence-electron chi connectivity index (χ1n) is 4.33. The Labute approximate surface area is 92.2 Å². The highest BCUT2D eigenvalue weighted by Gasteiger charge is 2.03. The predicted octanol–water partition coefficient (Wildman–Crippen LogP) is 3.58. The number of nitrogens with two attached hydrogens (primary N) is 1. The molecular weight excluding hydrogens is 246 g/mol. The SMILES string of the molecule is CCSc1ccc([C@H](C)N)cc1Br. The van der Waals surface area contributed by atoms with Gasteiger partial charge in [-0.1, -0.05) is 13.0 Å². The number of benzene rings is 1. The summed E-state index contributed by atoms with van der Waals surface area (Å²) in [6.45, 7) is 4.14. The molecule has 0 aliphatic rings. The first-order valence-corrected chi connectivity index (χ1v) is 6.10. The van der Waals surface area contributed by atoms with E-state index in [0.717, 1.165) is 10.2 Å². The summed E-state index contributed by atoms with van der Waals surface area (Å²) in [6.07, 6.45) is 0. The van der Waals surface area contributed by atoms with Crippen LogP contribution in [0.3, 0.4) is 0 Å². The van der Waals surface area contributed by atoms with Gasteiger partial charge in [0, 0.05) is 15.4 Å². The van der Waals surface area contributed by atoms with Crippen molar-refractivity contribution in [3.8, 4) is 0 Å². The normalized spacial score (nSPS) is 12.9. The molecule has 0 heterocycles. The summed E-state index contributed by atoms with van der Waals surface area (Å²) >= 11 is 5.37. The second-order valence-electron chi connectivity index (χ2n) is 2.91. The number of hydrogen-bond acceptors (Lipinski definition) is 2. The molecular formula is C10H14BrNS. The monoisotopic (exact) mass is 259 g/mol. The van der Waals surface area contributed by atoms with E-state index < -0.39 is 0 Å². The molecule has 0 aliphatic heterocycles. The van der Waals surface area contributed by atoms with E-state index in [-0.39, 0.29) is 6.04 Å². The van der Waals surface area contributed by atoms with Gasteiger partial charge in [0.2, 0.25) is 0 Å². The molecule has 0 amide bonds. The minimum Gasteiger partial charge on any atom is -0.324 e. The zero-order valence-electron chi connectivity index (χ0n) is 7.88. The van der Waals surface area contributed by atoms with E-state index in [1.165, 1.54) is 10.5 Å². The molecule has 72 valence electrons. The number of thioether (sulfide) groups is 1. The maximum atomic E-state index is 5.78. The van der Waals surface area contributed by atoms with Gasteiger partial charge >= 0.3 is 0 Å². The van der Waals surface area contributed by atoms with Crippen LogP contribution >= 0.6 is 27.7 Å². The summed E-state index contributed by atoms with van der Waals surface area (Å²) in [4.78, 5) is 1.28. The van der Waals surface area contributed by atoms with Crippen LogP contribution in [0.5, 0.6) is 0 Å². The van der Waals surface area contributed by atoms with Crippen molar-refractivity contribution in [3.05, 3.63) is 28.2 Å². The van der Waals surface area contributed by atoms with Gasteiger partial charge < -0.3 is 5.73 Å². The Hall–Kier alpha value is 0.01000. The fourth-order valence-electron chi connectivity index (χ4n) is 1.07. The predicted molar refractivity (Wildman–Crippen MR) is 63.1 cm³/mol. The van der Waals surface area contributed by atoms with E-state index in [2.05, 4.69) is 41.1 Å². The maximum Gasteiger partial charge on any atom is 0.0314 e. The summed E-state index contributed by atoms with van der Waals surface area (Å²) in [5, 5.41) is 0. The van der Waals surface area contributed by atoms with Crippen molar-refractivity contribution in [2.45, 2.75) is 24.8 Å². The molecule has 0 bridgehead atoms. The Balaban J connectivity index is 2.92. The molecule has 0 radical (unpaired) electrons. The minimum absolute atomic E-state index is 0.108. The largest absolute Gasteiger partial charge is 0.324 e. The first-order chi connectivity index (χ1) is 6.15. The smallest absolute Gasteiger partial charge is 0.0314 e. The van der Waals surface area contributed by atoms with Gasteiger partial charge in [-0.25, -0.2) is 0 Å². The molecule has 1 atom stereocenters. The molecule has 0 unspecified atom stereocenters. The Morgan fingerprint density at radius 2 is 2.23 bits per heavy atom. The Kier molecular flexibility index (Phi) is 4.29. The van der Waals surface area contributed by atoms with Crippen molar-refractivity contribution in [3.63, 3.8) is 0 Å². The van der Waals surface area contributed by atoms with Crippen LogP contribution in [0, 0.1) is 0 Å². The van der Waals surface area contributed by atoms with Crippen LogP contribution < -0.4 is 5.73 Å². The van der Waals surface area contributed by atoms with Crippen LogP contribution in [-0.2, 0) is 0 Å². The van der Waals surface area contributed by atoms with Crippen molar-refractivity contribution in [1.82, 2.24) is 0 Å². The van der Waals surface area contributed by atoms with E-state index in [1.807, 2.05) is 18.7 Å². The van der Waals surface area contributed by atoms with E-state index in [0.29, 0.717) is 0 Å². The Bertz CT molecular complexity index is 286. The number of hydrogen-bond donors (Lipinski definition) is 1. The Morgan fingerprint density at radius 1 is 1.54 bits per heavy atom. The molecule has 0 spiro atoms. The number of rotatable bonds is 3. The third kappa shape index (κ3) is 3.01. The fraction of sp³-hybridized carbons (Fsp3) is 0.400. The van der Waals surface area contributed by atoms with Crippen LogP contribution in [0.1, 0.15) is 25.5 Å². The first kappa shape index (κ1) is 11.1. The molecule has 0 saturated heterocycles. The van der Waals surface area contributed by atoms with Crippen LogP contribution in [0.2, 0.25) is 0 Å². The molecule has 1 aromatic rings. The second kappa shape index (κ2) is 5.03. The van der Waals surface area contributed by atoms with E-state index in [4.69, 9.17) is 5.73 Å². The van der Waals surface area contributed by atoms with Gasteiger partial charge in [0.05, 0.1) is 0 Å². The zero-order valence-corrected chi connectivity index (χ0v) is 10.3. The molecule has 0 fully saturated rings. The average molecular weight is 260 g/mol. The van der Waals surface area contributed by atoms with E-state index in [1.54, 1.807) is 0 Å².